The maximum atomic E-state index is 12.8. The van der Waals surface area contributed by atoms with Gasteiger partial charge in [0.2, 0.25) is 5.91 Å². The molecule has 0 saturated carbocycles. The van der Waals surface area contributed by atoms with Crippen LogP contribution in [0.4, 0.5) is 5.69 Å². The lowest BCUT2D eigenvalue weighted by atomic mass is 10.2. The monoisotopic (exact) mass is 330 g/mol. The largest absolute Gasteiger partial charge is 0.468 e. The molecule has 23 heavy (non-hydrogen) atoms. The van der Waals surface area contributed by atoms with E-state index in [0.717, 1.165) is 24.4 Å². The van der Waals surface area contributed by atoms with E-state index < -0.39 is 0 Å². The number of thioether (sulfide) groups is 1. The highest BCUT2D eigenvalue weighted by Gasteiger charge is 2.24. The van der Waals surface area contributed by atoms with E-state index in [4.69, 9.17) is 4.42 Å². The van der Waals surface area contributed by atoms with E-state index in [1.54, 1.807) is 6.26 Å². The minimum absolute atomic E-state index is 0.140. The first kappa shape index (κ1) is 16.1. The lowest BCUT2D eigenvalue weighted by Gasteiger charge is -2.25. The van der Waals surface area contributed by atoms with Crippen molar-refractivity contribution in [3.05, 3.63) is 48.4 Å². The molecule has 0 N–H and O–H groups in total. The van der Waals surface area contributed by atoms with Gasteiger partial charge < -0.3 is 9.32 Å². The molecule has 1 aromatic heterocycles. The summed E-state index contributed by atoms with van der Waals surface area (Å²) in [5, 5.41) is 0.523. The number of likely N-dealkylation sites (N-methyl/N-ethyl adjacent to an activating group) is 1. The molecule has 1 aromatic carbocycles. The van der Waals surface area contributed by atoms with Gasteiger partial charge in [-0.15, -0.1) is 11.8 Å². The van der Waals surface area contributed by atoms with Crippen molar-refractivity contribution in [2.75, 3.05) is 25.0 Å². The van der Waals surface area contributed by atoms with Crippen molar-refractivity contribution in [2.45, 2.75) is 30.0 Å². The number of furan rings is 1. The van der Waals surface area contributed by atoms with Crippen LogP contribution in [0.15, 0.2) is 52.0 Å². The number of hydrogen-bond acceptors (Lipinski definition) is 4. The van der Waals surface area contributed by atoms with Gasteiger partial charge in [0.25, 0.3) is 0 Å². The maximum Gasteiger partial charge on any atom is 0.241 e. The Hall–Kier alpha value is -1.72. The topological polar surface area (TPSA) is 36.7 Å². The molecule has 122 valence electrons. The Morgan fingerprint density at radius 3 is 2.96 bits per heavy atom. The van der Waals surface area contributed by atoms with E-state index in [0.29, 0.717) is 18.3 Å². The molecular weight excluding hydrogens is 308 g/mol. The summed E-state index contributed by atoms with van der Waals surface area (Å²) in [6.45, 7) is 4.02. The van der Waals surface area contributed by atoms with Crippen molar-refractivity contribution in [3.63, 3.8) is 0 Å². The molecule has 0 bridgehead atoms. The first-order chi connectivity index (χ1) is 11.1. The molecule has 1 aliphatic rings. The smallest absolute Gasteiger partial charge is 0.241 e. The standard InChI is InChI=1S/C18H22N2O2S/c1-14-9-10-20(16-7-3-4-8-17(16)23-14)18(21)13-19(2)12-15-6-5-11-22-15/h3-8,11,14H,9-10,12-13H2,1-2H3. The van der Waals surface area contributed by atoms with Crippen LogP contribution in [0.25, 0.3) is 0 Å². The highest BCUT2D eigenvalue weighted by molar-refractivity contribution is 8.00. The van der Waals surface area contributed by atoms with Gasteiger partial charge in [0.1, 0.15) is 5.76 Å². The Bertz CT molecular complexity index is 657. The van der Waals surface area contributed by atoms with Crippen molar-refractivity contribution < 1.29 is 9.21 Å². The van der Waals surface area contributed by atoms with E-state index in [-0.39, 0.29) is 5.91 Å². The summed E-state index contributed by atoms with van der Waals surface area (Å²) in [5.41, 5.74) is 1.04. The number of rotatable bonds is 4. The second kappa shape index (κ2) is 7.23. The van der Waals surface area contributed by atoms with Crippen molar-refractivity contribution in [1.82, 2.24) is 4.90 Å². The number of nitrogens with zero attached hydrogens (tertiary/aromatic N) is 2. The molecule has 1 amide bonds. The predicted octanol–water partition coefficient (Wildman–Crippen LogP) is 3.63. The van der Waals surface area contributed by atoms with E-state index in [2.05, 4.69) is 13.0 Å². The Morgan fingerprint density at radius 2 is 2.17 bits per heavy atom. The highest BCUT2D eigenvalue weighted by Crippen LogP contribution is 2.37. The van der Waals surface area contributed by atoms with Gasteiger partial charge >= 0.3 is 0 Å². The van der Waals surface area contributed by atoms with Gasteiger partial charge in [-0.25, -0.2) is 0 Å². The molecule has 1 atom stereocenters. The minimum atomic E-state index is 0.140. The number of carbonyl (C=O) groups excluding carboxylic acids is 1. The lowest BCUT2D eigenvalue weighted by molar-refractivity contribution is -0.119. The summed E-state index contributed by atoms with van der Waals surface area (Å²) in [6.07, 6.45) is 2.67. The van der Waals surface area contributed by atoms with Crippen molar-refractivity contribution >= 4 is 23.4 Å². The molecule has 0 saturated heterocycles. The molecule has 4 nitrogen and oxygen atoms in total. The molecule has 0 spiro atoms. The maximum absolute atomic E-state index is 12.8. The molecule has 3 rings (SSSR count). The van der Waals surface area contributed by atoms with Gasteiger partial charge in [-0.05, 0) is 37.7 Å². The number of anilines is 1. The highest BCUT2D eigenvalue weighted by atomic mass is 32.2. The average Bonchev–Trinajstić information content (AvgIpc) is 2.95. The summed E-state index contributed by atoms with van der Waals surface area (Å²) < 4.78 is 5.35. The predicted molar refractivity (Wildman–Crippen MR) is 93.8 cm³/mol. The van der Waals surface area contributed by atoms with Crippen LogP contribution in [0, 0.1) is 0 Å². The van der Waals surface area contributed by atoms with Gasteiger partial charge in [0.05, 0.1) is 25.0 Å². The molecule has 5 heteroatoms. The molecule has 2 heterocycles. The van der Waals surface area contributed by atoms with Crippen LogP contribution in [0.3, 0.4) is 0 Å². The van der Waals surface area contributed by atoms with Crippen LogP contribution < -0.4 is 4.90 Å². The fourth-order valence-electron chi connectivity index (χ4n) is 2.79. The fourth-order valence-corrected chi connectivity index (χ4v) is 3.90. The molecule has 1 aliphatic heterocycles. The molecule has 0 radical (unpaired) electrons. The van der Waals surface area contributed by atoms with Crippen LogP contribution in [0.2, 0.25) is 0 Å². The number of carbonyl (C=O) groups is 1. The summed E-state index contributed by atoms with van der Waals surface area (Å²) >= 11 is 1.85. The third kappa shape index (κ3) is 3.98. The van der Waals surface area contributed by atoms with Crippen molar-refractivity contribution in [3.8, 4) is 0 Å². The Kier molecular flexibility index (Phi) is 5.08. The van der Waals surface area contributed by atoms with Gasteiger partial charge in [0.15, 0.2) is 0 Å². The van der Waals surface area contributed by atoms with Crippen LogP contribution in [0.5, 0.6) is 0 Å². The van der Waals surface area contributed by atoms with Gasteiger partial charge in [-0.3, -0.25) is 9.69 Å². The van der Waals surface area contributed by atoms with Crippen LogP contribution >= 0.6 is 11.8 Å². The molecule has 1 unspecified atom stereocenters. The third-order valence-electron chi connectivity index (χ3n) is 3.96. The zero-order valence-electron chi connectivity index (χ0n) is 13.6. The zero-order valence-corrected chi connectivity index (χ0v) is 14.4. The summed E-state index contributed by atoms with van der Waals surface area (Å²) in [5.74, 6) is 1.02. The van der Waals surface area contributed by atoms with Crippen molar-refractivity contribution in [2.24, 2.45) is 0 Å². The lowest BCUT2D eigenvalue weighted by Crippen LogP contribution is -2.39. The zero-order chi connectivity index (χ0) is 16.2. The molecular formula is C18H22N2O2S. The first-order valence-corrected chi connectivity index (χ1v) is 8.78. The quantitative estimate of drug-likeness (QED) is 0.858. The van der Waals surface area contributed by atoms with Crippen molar-refractivity contribution in [1.29, 1.82) is 0 Å². The number of fused-ring (bicyclic) bond motifs is 1. The van der Waals surface area contributed by atoms with Gasteiger partial charge in [-0.1, -0.05) is 19.1 Å². The number of hydrogen-bond donors (Lipinski definition) is 0. The van der Waals surface area contributed by atoms with E-state index in [1.165, 1.54) is 4.90 Å². The summed E-state index contributed by atoms with van der Waals surface area (Å²) in [7, 11) is 1.95. The van der Waals surface area contributed by atoms with Crippen LogP contribution in [-0.2, 0) is 11.3 Å². The van der Waals surface area contributed by atoms with Gasteiger partial charge in [0, 0.05) is 16.7 Å². The SMILES string of the molecule is CC1CCN(C(=O)CN(C)Cc2ccco2)c2ccccc2S1. The molecule has 0 aliphatic carbocycles. The van der Waals surface area contributed by atoms with Crippen LogP contribution in [0.1, 0.15) is 19.1 Å². The summed E-state index contributed by atoms with van der Waals surface area (Å²) in [4.78, 5) is 17.9. The van der Waals surface area contributed by atoms with Gasteiger partial charge in [-0.2, -0.15) is 0 Å². The Balaban J connectivity index is 1.71. The van der Waals surface area contributed by atoms with E-state index >= 15 is 0 Å². The van der Waals surface area contributed by atoms with E-state index in [1.807, 2.05) is 58.9 Å². The third-order valence-corrected chi connectivity index (χ3v) is 5.19. The minimum Gasteiger partial charge on any atom is -0.468 e. The average molecular weight is 330 g/mol. The Morgan fingerprint density at radius 1 is 1.35 bits per heavy atom. The first-order valence-electron chi connectivity index (χ1n) is 7.90. The normalized spacial score (nSPS) is 17.9. The van der Waals surface area contributed by atoms with E-state index in [9.17, 15) is 4.79 Å². The number of benzene rings is 1. The summed E-state index contributed by atoms with van der Waals surface area (Å²) in [6, 6.07) is 12.0. The fraction of sp³-hybridized carbons (Fsp3) is 0.389. The molecule has 2 aromatic rings. The number of amides is 1. The number of para-hydroxylation sites is 1. The van der Waals surface area contributed by atoms with Crippen LogP contribution in [-0.4, -0.2) is 36.2 Å². The second-order valence-electron chi connectivity index (χ2n) is 5.98. The Labute approximate surface area is 141 Å². The second-order valence-corrected chi connectivity index (χ2v) is 7.46. The molecule has 0 fully saturated rings.